The third kappa shape index (κ3) is 4.11. The van der Waals surface area contributed by atoms with Crippen LogP contribution in [0.2, 0.25) is 5.02 Å². The maximum absolute atomic E-state index is 9.59. The van der Waals surface area contributed by atoms with Gasteiger partial charge in [0.05, 0.1) is 5.02 Å². The molecule has 0 radical (unpaired) electrons. The molecule has 0 aliphatic carbocycles. The predicted molar refractivity (Wildman–Crippen MR) is 84.4 cm³/mol. The van der Waals surface area contributed by atoms with Crippen LogP contribution < -0.4 is 5.32 Å². The summed E-state index contributed by atoms with van der Waals surface area (Å²) in [5, 5.41) is 13.5. The Bertz CT molecular complexity index is 419. The van der Waals surface area contributed by atoms with Crippen LogP contribution in [0.3, 0.4) is 0 Å². The summed E-state index contributed by atoms with van der Waals surface area (Å²) in [4.78, 5) is 2.54. The van der Waals surface area contributed by atoms with E-state index in [0.717, 1.165) is 32.6 Å². The summed E-state index contributed by atoms with van der Waals surface area (Å²) in [6, 6.07) is 6.07. The Labute approximate surface area is 126 Å². The van der Waals surface area contributed by atoms with E-state index < -0.39 is 0 Å². The first-order valence-electron chi connectivity index (χ1n) is 7.65. The summed E-state index contributed by atoms with van der Waals surface area (Å²) < 4.78 is 0. The fraction of sp³-hybridized carbons (Fsp3) is 0.625. The molecule has 1 heterocycles. The third-order valence-corrected chi connectivity index (χ3v) is 4.33. The van der Waals surface area contributed by atoms with Gasteiger partial charge < -0.3 is 10.4 Å². The molecule has 3 nitrogen and oxygen atoms in total. The zero-order valence-corrected chi connectivity index (χ0v) is 13.0. The minimum Gasteiger partial charge on any atom is -0.506 e. The van der Waals surface area contributed by atoms with Crippen molar-refractivity contribution in [1.29, 1.82) is 0 Å². The Hall–Kier alpha value is -0.770. The summed E-state index contributed by atoms with van der Waals surface area (Å²) in [6.45, 7) is 6.49. The molecule has 112 valence electrons. The highest BCUT2D eigenvalue weighted by molar-refractivity contribution is 6.32. The van der Waals surface area contributed by atoms with Gasteiger partial charge in [-0.05, 0) is 24.1 Å². The van der Waals surface area contributed by atoms with Crippen LogP contribution in [0.4, 0.5) is 0 Å². The van der Waals surface area contributed by atoms with E-state index in [4.69, 9.17) is 11.6 Å². The van der Waals surface area contributed by atoms with Gasteiger partial charge in [-0.25, -0.2) is 0 Å². The van der Waals surface area contributed by atoms with E-state index in [2.05, 4.69) is 17.1 Å². The maximum atomic E-state index is 9.59. The number of hydrogen-bond donors (Lipinski definition) is 2. The first kappa shape index (κ1) is 15.6. The lowest BCUT2D eigenvalue weighted by Crippen LogP contribution is -2.45. The maximum Gasteiger partial charge on any atom is 0.134 e. The van der Waals surface area contributed by atoms with Crippen molar-refractivity contribution in [3.05, 3.63) is 28.8 Å². The molecule has 4 heteroatoms. The first-order chi connectivity index (χ1) is 9.72. The molecule has 1 saturated heterocycles. The lowest BCUT2D eigenvalue weighted by molar-refractivity contribution is 0.162. The smallest absolute Gasteiger partial charge is 0.134 e. The number of unbranched alkanes of at least 4 members (excludes halogenated alkanes) is 2. The SMILES string of the molecule is CCCCC[C@@H](c1ccc(O)c(Cl)c1)N1CCNCC1. The summed E-state index contributed by atoms with van der Waals surface area (Å²) >= 11 is 6.08. The highest BCUT2D eigenvalue weighted by atomic mass is 35.5. The van der Waals surface area contributed by atoms with Crippen molar-refractivity contribution >= 4 is 11.6 Å². The fourth-order valence-corrected chi connectivity index (χ4v) is 3.06. The molecular formula is C16H25ClN2O. The summed E-state index contributed by atoms with van der Waals surface area (Å²) in [7, 11) is 0. The van der Waals surface area contributed by atoms with Gasteiger partial charge in [-0.2, -0.15) is 0 Å². The minimum absolute atomic E-state index is 0.169. The van der Waals surface area contributed by atoms with Crippen LogP contribution in [-0.2, 0) is 0 Å². The molecular weight excluding hydrogens is 272 g/mol. The van der Waals surface area contributed by atoms with Crippen LogP contribution in [0, 0.1) is 0 Å². The van der Waals surface area contributed by atoms with E-state index in [1.165, 1.54) is 24.8 Å². The normalized spacial score (nSPS) is 18.1. The van der Waals surface area contributed by atoms with E-state index in [1.807, 2.05) is 12.1 Å². The summed E-state index contributed by atoms with van der Waals surface area (Å²) in [6.07, 6.45) is 4.91. The van der Waals surface area contributed by atoms with Crippen molar-refractivity contribution in [3.8, 4) is 5.75 Å². The molecule has 1 atom stereocenters. The van der Waals surface area contributed by atoms with Crippen molar-refractivity contribution in [2.24, 2.45) is 0 Å². The largest absolute Gasteiger partial charge is 0.506 e. The number of nitrogens with zero attached hydrogens (tertiary/aromatic N) is 1. The molecule has 0 bridgehead atoms. The van der Waals surface area contributed by atoms with Crippen molar-refractivity contribution < 1.29 is 5.11 Å². The summed E-state index contributed by atoms with van der Waals surface area (Å²) in [5.41, 5.74) is 1.23. The van der Waals surface area contributed by atoms with Crippen LogP contribution in [0.1, 0.15) is 44.2 Å². The van der Waals surface area contributed by atoms with Crippen molar-refractivity contribution in [2.45, 2.75) is 38.6 Å². The van der Waals surface area contributed by atoms with Gasteiger partial charge in [-0.1, -0.05) is 43.9 Å². The second-order valence-electron chi connectivity index (χ2n) is 5.51. The van der Waals surface area contributed by atoms with Gasteiger partial charge in [-0.3, -0.25) is 4.90 Å². The molecule has 0 saturated carbocycles. The van der Waals surface area contributed by atoms with Crippen LogP contribution in [0.25, 0.3) is 0 Å². The number of phenolic OH excluding ortho intramolecular Hbond substituents is 1. The Balaban J connectivity index is 2.12. The monoisotopic (exact) mass is 296 g/mol. The van der Waals surface area contributed by atoms with Crippen LogP contribution in [0.15, 0.2) is 18.2 Å². The average molecular weight is 297 g/mol. The number of nitrogens with one attached hydrogen (secondary N) is 1. The number of hydrogen-bond acceptors (Lipinski definition) is 3. The van der Waals surface area contributed by atoms with Crippen LogP contribution in [-0.4, -0.2) is 36.2 Å². The van der Waals surface area contributed by atoms with Gasteiger partial charge in [0.15, 0.2) is 0 Å². The zero-order chi connectivity index (χ0) is 14.4. The standard InChI is InChI=1S/C16H25ClN2O/c1-2-3-4-5-15(19-10-8-18-9-11-19)13-6-7-16(20)14(17)12-13/h6-7,12,15,18,20H,2-5,8-11H2,1H3/t15-/m0/s1. The molecule has 0 amide bonds. The molecule has 2 rings (SSSR count). The summed E-state index contributed by atoms with van der Waals surface area (Å²) in [5.74, 6) is 0.169. The molecule has 1 fully saturated rings. The van der Waals surface area contributed by atoms with E-state index in [0.29, 0.717) is 11.1 Å². The zero-order valence-electron chi connectivity index (χ0n) is 12.2. The van der Waals surface area contributed by atoms with Gasteiger partial charge in [0, 0.05) is 32.2 Å². The van der Waals surface area contributed by atoms with Gasteiger partial charge in [0.2, 0.25) is 0 Å². The molecule has 20 heavy (non-hydrogen) atoms. The van der Waals surface area contributed by atoms with Gasteiger partial charge in [0.1, 0.15) is 5.75 Å². The number of aromatic hydroxyl groups is 1. The van der Waals surface area contributed by atoms with E-state index in [1.54, 1.807) is 6.07 Å². The molecule has 0 spiro atoms. The van der Waals surface area contributed by atoms with E-state index in [-0.39, 0.29) is 5.75 Å². The van der Waals surface area contributed by atoms with Crippen molar-refractivity contribution in [3.63, 3.8) is 0 Å². The Morgan fingerprint density at radius 3 is 2.70 bits per heavy atom. The topological polar surface area (TPSA) is 35.5 Å². The second-order valence-corrected chi connectivity index (χ2v) is 5.92. The molecule has 1 aliphatic rings. The van der Waals surface area contributed by atoms with E-state index >= 15 is 0 Å². The number of rotatable bonds is 6. The second kappa shape index (κ2) is 7.87. The van der Waals surface area contributed by atoms with Crippen molar-refractivity contribution in [1.82, 2.24) is 10.2 Å². The van der Waals surface area contributed by atoms with Crippen molar-refractivity contribution in [2.75, 3.05) is 26.2 Å². The molecule has 1 aromatic carbocycles. The third-order valence-electron chi connectivity index (χ3n) is 4.03. The van der Waals surface area contributed by atoms with Crippen LogP contribution >= 0.6 is 11.6 Å². The van der Waals surface area contributed by atoms with Crippen LogP contribution in [0.5, 0.6) is 5.75 Å². The lowest BCUT2D eigenvalue weighted by atomic mass is 9.98. The van der Waals surface area contributed by atoms with Gasteiger partial charge in [-0.15, -0.1) is 0 Å². The lowest BCUT2D eigenvalue weighted by Gasteiger charge is -2.35. The molecule has 0 unspecified atom stereocenters. The quantitative estimate of drug-likeness (QED) is 0.788. The first-order valence-corrected chi connectivity index (χ1v) is 8.03. The number of benzene rings is 1. The number of phenols is 1. The highest BCUT2D eigenvalue weighted by Gasteiger charge is 2.22. The van der Waals surface area contributed by atoms with Gasteiger partial charge >= 0.3 is 0 Å². The Morgan fingerprint density at radius 1 is 1.30 bits per heavy atom. The molecule has 2 N–H and O–H groups in total. The average Bonchev–Trinajstić information content (AvgIpc) is 2.48. The highest BCUT2D eigenvalue weighted by Crippen LogP contribution is 2.32. The predicted octanol–water partition coefficient (Wildman–Crippen LogP) is 3.57. The Morgan fingerprint density at radius 2 is 2.05 bits per heavy atom. The van der Waals surface area contributed by atoms with E-state index in [9.17, 15) is 5.11 Å². The Kier molecular flexibility index (Phi) is 6.14. The molecule has 0 aromatic heterocycles. The number of piperazine rings is 1. The molecule has 1 aromatic rings. The molecule has 1 aliphatic heterocycles. The minimum atomic E-state index is 0.169. The van der Waals surface area contributed by atoms with Gasteiger partial charge in [0.25, 0.3) is 0 Å². The number of halogens is 1. The fourth-order valence-electron chi connectivity index (χ4n) is 2.87.